The summed E-state index contributed by atoms with van der Waals surface area (Å²) in [5.41, 5.74) is 4.93. The lowest BCUT2D eigenvalue weighted by Crippen LogP contribution is -2.23. The van der Waals surface area contributed by atoms with Crippen molar-refractivity contribution in [3.8, 4) is 11.5 Å². The number of halogens is 1. The van der Waals surface area contributed by atoms with Crippen molar-refractivity contribution >= 4 is 57.8 Å². The number of hydrogen-bond acceptors (Lipinski definition) is 5. The number of hydrazone groups is 1. The summed E-state index contributed by atoms with van der Waals surface area (Å²) in [5, 5.41) is 7.49. The van der Waals surface area contributed by atoms with Gasteiger partial charge < -0.3 is 14.8 Å². The summed E-state index contributed by atoms with van der Waals surface area (Å²) in [6.45, 7) is 0. The predicted octanol–water partition coefficient (Wildman–Crippen LogP) is 4.84. The van der Waals surface area contributed by atoms with Crippen molar-refractivity contribution in [1.29, 1.82) is 0 Å². The maximum Gasteiger partial charge on any atom is 0.344 e. The Balaban J connectivity index is 1.51. The molecule has 0 amide bonds. The van der Waals surface area contributed by atoms with Crippen LogP contribution in [0.15, 0.2) is 77.9 Å². The summed E-state index contributed by atoms with van der Waals surface area (Å²) in [6.07, 6.45) is 1.62. The van der Waals surface area contributed by atoms with Gasteiger partial charge in [-0.25, -0.2) is 4.79 Å². The van der Waals surface area contributed by atoms with E-state index in [9.17, 15) is 4.79 Å². The monoisotopic (exact) mass is 531 g/mol. The molecule has 0 heterocycles. The number of esters is 1. The number of nitrogens with one attached hydrogen (secondary N) is 2. The summed E-state index contributed by atoms with van der Waals surface area (Å²) in [7, 11) is 1.61. The minimum absolute atomic E-state index is 0.361. The van der Waals surface area contributed by atoms with Crippen LogP contribution >= 0.6 is 34.8 Å². The minimum atomic E-state index is -0.391. The number of ether oxygens (including phenoxy) is 2. The van der Waals surface area contributed by atoms with E-state index in [2.05, 4.69) is 38.4 Å². The number of rotatable bonds is 6. The number of carbonyl (C=O) groups excluding carboxylic acids is 1. The zero-order valence-corrected chi connectivity index (χ0v) is 18.9. The minimum Gasteiger partial charge on any atom is -0.497 e. The molecule has 0 aromatic heterocycles. The third-order valence-electron chi connectivity index (χ3n) is 3.91. The Labute approximate surface area is 193 Å². The summed E-state index contributed by atoms with van der Waals surface area (Å²) in [4.78, 5) is 12.3. The van der Waals surface area contributed by atoms with Crippen molar-refractivity contribution in [2.75, 3.05) is 12.4 Å². The van der Waals surface area contributed by atoms with Crippen LogP contribution in [0, 0.1) is 3.57 Å². The zero-order valence-electron chi connectivity index (χ0n) is 16.0. The molecule has 0 aliphatic carbocycles. The first-order valence-corrected chi connectivity index (χ1v) is 10.3. The van der Waals surface area contributed by atoms with E-state index in [1.165, 1.54) is 0 Å². The van der Waals surface area contributed by atoms with E-state index >= 15 is 0 Å². The number of nitrogens with zero attached hydrogens (tertiary/aromatic N) is 1. The van der Waals surface area contributed by atoms with Gasteiger partial charge in [-0.15, -0.1) is 0 Å². The van der Waals surface area contributed by atoms with Gasteiger partial charge in [-0.05, 0) is 101 Å². The van der Waals surface area contributed by atoms with Gasteiger partial charge in [-0.3, -0.25) is 5.43 Å². The Morgan fingerprint density at radius 2 is 1.67 bits per heavy atom. The van der Waals surface area contributed by atoms with Gasteiger partial charge in [-0.1, -0.05) is 12.1 Å². The third-order valence-corrected chi connectivity index (χ3v) is 5.05. The molecule has 3 aromatic carbocycles. The van der Waals surface area contributed by atoms with E-state index in [4.69, 9.17) is 21.7 Å². The molecule has 30 heavy (non-hydrogen) atoms. The van der Waals surface area contributed by atoms with Crippen LogP contribution in [0.4, 0.5) is 5.69 Å². The molecular formula is C22H18IN3O3S. The van der Waals surface area contributed by atoms with Crippen molar-refractivity contribution in [3.63, 3.8) is 0 Å². The fourth-order valence-electron chi connectivity index (χ4n) is 2.41. The average molecular weight is 531 g/mol. The molecule has 0 aliphatic rings. The number of methoxy groups -OCH3 is 1. The fraction of sp³-hybridized carbons (Fsp3) is 0.0455. The van der Waals surface area contributed by atoms with Gasteiger partial charge in [0, 0.05) is 9.26 Å². The Morgan fingerprint density at radius 3 is 2.33 bits per heavy atom. The lowest BCUT2D eigenvalue weighted by Gasteiger charge is -2.08. The van der Waals surface area contributed by atoms with Crippen molar-refractivity contribution < 1.29 is 14.3 Å². The molecule has 0 saturated heterocycles. The van der Waals surface area contributed by atoms with E-state index in [-0.39, 0.29) is 0 Å². The van der Waals surface area contributed by atoms with Crippen molar-refractivity contribution in [3.05, 3.63) is 87.5 Å². The lowest BCUT2D eigenvalue weighted by atomic mass is 10.2. The summed E-state index contributed by atoms with van der Waals surface area (Å²) in [5.74, 6) is 0.838. The van der Waals surface area contributed by atoms with Gasteiger partial charge >= 0.3 is 5.97 Å². The normalized spacial score (nSPS) is 10.5. The number of carbonyl (C=O) groups is 1. The fourth-order valence-corrected chi connectivity index (χ4v) is 3.19. The van der Waals surface area contributed by atoms with Crippen LogP contribution in [0.5, 0.6) is 11.5 Å². The molecule has 8 heteroatoms. The second kappa shape index (κ2) is 10.7. The highest BCUT2D eigenvalue weighted by molar-refractivity contribution is 14.1. The highest BCUT2D eigenvalue weighted by atomic mass is 127. The van der Waals surface area contributed by atoms with Crippen LogP contribution in [0.2, 0.25) is 0 Å². The number of hydrogen-bond donors (Lipinski definition) is 2. The molecule has 152 valence electrons. The van der Waals surface area contributed by atoms with Crippen molar-refractivity contribution in [2.24, 2.45) is 5.10 Å². The van der Waals surface area contributed by atoms with E-state index in [1.54, 1.807) is 49.7 Å². The van der Waals surface area contributed by atoms with E-state index in [0.717, 1.165) is 20.6 Å². The molecule has 0 atom stereocenters. The van der Waals surface area contributed by atoms with E-state index < -0.39 is 5.97 Å². The second-order valence-electron chi connectivity index (χ2n) is 5.99. The maximum absolute atomic E-state index is 12.3. The van der Waals surface area contributed by atoms with Crippen LogP contribution in [0.3, 0.4) is 0 Å². The first-order valence-electron chi connectivity index (χ1n) is 8.86. The number of anilines is 1. The van der Waals surface area contributed by atoms with Gasteiger partial charge in [-0.2, -0.15) is 5.10 Å². The van der Waals surface area contributed by atoms with Gasteiger partial charge in [0.05, 0.1) is 18.9 Å². The van der Waals surface area contributed by atoms with Crippen LogP contribution in [0.1, 0.15) is 15.9 Å². The molecule has 0 bridgehead atoms. The number of benzene rings is 3. The zero-order chi connectivity index (χ0) is 21.3. The molecule has 0 spiro atoms. The molecule has 0 fully saturated rings. The predicted molar refractivity (Wildman–Crippen MR) is 131 cm³/mol. The summed E-state index contributed by atoms with van der Waals surface area (Å²) < 4.78 is 11.4. The molecule has 6 nitrogen and oxygen atoms in total. The molecule has 3 rings (SSSR count). The SMILES string of the molecule is COc1ccc(NC(=S)NN=Cc2ccc(OC(=O)c3ccccc3I)cc2)cc1. The van der Waals surface area contributed by atoms with Crippen molar-refractivity contribution in [2.45, 2.75) is 0 Å². The molecular weight excluding hydrogens is 513 g/mol. The van der Waals surface area contributed by atoms with Crippen LogP contribution in [0.25, 0.3) is 0 Å². The van der Waals surface area contributed by atoms with Crippen LogP contribution in [-0.4, -0.2) is 24.4 Å². The van der Waals surface area contributed by atoms with E-state index in [1.807, 2.05) is 36.4 Å². The van der Waals surface area contributed by atoms with Gasteiger partial charge in [0.15, 0.2) is 5.11 Å². The first kappa shape index (κ1) is 21.7. The van der Waals surface area contributed by atoms with Gasteiger partial charge in [0.2, 0.25) is 0 Å². The standard InChI is InChI=1S/C22H18IN3O3S/c1-28-17-12-8-16(9-13-17)25-22(30)26-24-14-15-6-10-18(11-7-15)29-21(27)19-4-2-3-5-20(19)23/h2-14H,1H3,(H2,25,26,30). The summed E-state index contributed by atoms with van der Waals surface area (Å²) >= 11 is 7.32. The maximum atomic E-state index is 12.3. The number of thiocarbonyl (C=S) groups is 1. The molecule has 0 aliphatic heterocycles. The van der Waals surface area contributed by atoms with E-state index in [0.29, 0.717) is 16.4 Å². The molecule has 3 aromatic rings. The Kier molecular flexibility index (Phi) is 7.75. The Morgan fingerprint density at radius 1 is 1.00 bits per heavy atom. The average Bonchev–Trinajstić information content (AvgIpc) is 2.76. The van der Waals surface area contributed by atoms with Crippen molar-refractivity contribution in [1.82, 2.24) is 5.43 Å². The smallest absolute Gasteiger partial charge is 0.344 e. The molecule has 0 unspecified atom stereocenters. The highest BCUT2D eigenvalue weighted by Crippen LogP contribution is 2.17. The second-order valence-corrected chi connectivity index (χ2v) is 7.56. The van der Waals surface area contributed by atoms with Crippen LogP contribution in [-0.2, 0) is 0 Å². The Bertz CT molecular complexity index is 1050. The molecule has 0 radical (unpaired) electrons. The third kappa shape index (κ3) is 6.26. The van der Waals surface area contributed by atoms with Crippen LogP contribution < -0.4 is 20.2 Å². The molecule has 2 N–H and O–H groups in total. The quantitative estimate of drug-likeness (QED) is 0.119. The largest absolute Gasteiger partial charge is 0.497 e. The highest BCUT2D eigenvalue weighted by Gasteiger charge is 2.11. The topological polar surface area (TPSA) is 71.9 Å². The summed E-state index contributed by atoms with van der Waals surface area (Å²) in [6, 6.07) is 21.7. The first-order chi connectivity index (χ1) is 14.5. The van der Waals surface area contributed by atoms with Gasteiger partial charge in [0.25, 0.3) is 0 Å². The lowest BCUT2D eigenvalue weighted by molar-refractivity contribution is 0.0733. The molecule has 0 saturated carbocycles. The Hall–Kier alpha value is -2.98. The van der Waals surface area contributed by atoms with Gasteiger partial charge in [0.1, 0.15) is 11.5 Å².